The molecule has 0 saturated carbocycles. The number of thioether (sulfide) groups is 1. The number of aromatic nitrogens is 1. The zero-order valence-corrected chi connectivity index (χ0v) is 15.9. The lowest BCUT2D eigenvalue weighted by Crippen LogP contribution is -2.37. The summed E-state index contributed by atoms with van der Waals surface area (Å²) in [4.78, 5) is 18.7. The maximum atomic E-state index is 12.7. The van der Waals surface area contributed by atoms with Crippen LogP contribution in [0.4, 0.5) is 0 Å². The zero-order valence-electron chi connectivity index (χ0n) is 15.1. The smallest absolute Gasteiger partial charge is 0.224 e. The first-order valence-electron chi connectivity index (χ1n) is 8.28. The maximum absolute atomic E-state index is 12.7. The van der Waals surface area contributed by atoms with E-state index in [0.717, 1.165) is 16.9 Å². The summed E-state index contributed by atoms with van der Waals surface area (Å²) in [7, 11) is 4.77. The summed E-state index contributed by atoms with van der Waals surface area (Å²) in [6, 6.07) is 7.64. The van der Waals surface area contributed by atoms with Crippen LogP contribution in [0, 0.1) is 0 Å². The van der Waals surface area contributed by atoms with Crippen molar-refractivity contribution < 1.29 is 19.0 Å². The van der Waals surface area contributed by atoms with Crippen molar-refractivity contribution in [3.05, 3.63) is 47.8 Å². The van der Waals surface area contributed by atoms with Gasteiger partial charge in [-0.1, -0.05) is 6.07 Å². The normalized spacial score (nSPS) is 17.1. The Bertz CT molecular complexity index is 770. The highest BCUT2D eigenvalue weighted by molar-refractivity contribution is 7.99. The molecule has 1 aromatic heterocycles. The van der Waals surface area contributed by atoms with Gasteiger partial charge in [0.15, 0.2) is 11.5 Å². The minimum atomic E-state index is -0.161. The second kappa shape index (κ2) is 8.31. The van der Waals surface area contributed by atoms with E-state index >= 15 is 0 Å². The Balaban J connectivity index is 2.01. The van der Waals surface area contributed by atoms with Crippen LogP contribution >= 0.6 is 11.8 Å². The van der Waals surface area contributed by atoms with Gasteiger partial charge in [0.25, 0.3) is 0 Å². The fraction of sp³-hybridized carbons (Fsp3) is 0.368. The van der Waals surface area contributed by atoms with Crippen molar-refractivity contribution in [3.8, 4) is 17.2 Å². The van der Waals surface area contributed by atoms with Gasteiger partial charge in [-0.15, -0.1) is 11.8 Å². The van der Waals surface area contributed by atoms with Gasteiger partial charge < -0.3 is 19.1 Å². The second-order valence-corrected chi connectivity index (χ2v) is 6.97. The molecule has 0 N–H and O–H groups in total. The molecule has 3 rings (SSSR count). The number of carbonyl (C=O) groups excluding carboxylic acids is 1. The number of rotatable bonds is 6. The van der Waals surface area contributed by atoms with Crippen LogP contribution in [0.3, 0.4) is 0 Å². The van der Waals surface area contributed by atoms with E-state index in [4.69, 9.17) is 14.2 Å². The molecular formula is C19H22N2O4S. The Morgan fingerprint density at radius 2 is 1.96 bits per heavy atom. The molecule has 7 heteroatoms. The first-order chi connectivity index (χ1) is 12.7. The van der Waals surface area contributed by atoms with E-state index < -0.39 is 0 Å². The van der Waals surface area contributed by atoms with Crippen molar-refractivity contribution in [2.75, 3.05) is 27.1 Å². The Morgan fingerprint density at radius 1 is 1.15 bits per heavy atom. The fourth-order valence-electron chi connectivity index (χ4n) is 3.06. The number of benzene rings is 1. The van der Waals surface area contributed by atoms with Crippen LogP contribution in [0.1, 0.15) is 22.9 Å². The van der Waals surface area contributed by atoms with Gasteiger partial charge in [-0.05, 0) is 23.8 Å². The molecule has 1 aromatic carbocycles. The molecule has 138 valence electrons. The fourth-order valence-corrected chi connectivity index (χ4v) is 4.31. The average Bonchev–Trinajstić information content (AvgIpc) is 2.69. The summed E-state index contributed by atoms with van der Waals surface area (Å²) < 4.78 is 16.5. The van der Waals surface area contributed by atoms with E-state index in [9.17, 15) is 4.79 Å². The van der Waals surface area contributed by atoms with Crippen molar-refractivity contribution in [2.24, 2.45) is 0 Å². The van der Waals surface area contributed by atoms with Gasteiger partial charge >= 0.3 is 0 Å². The van der Waals surface area contributed by atoms with E-state index in [1.165, 1.54) is 0 Å². The van der Waals surface area contributed by atoms with Crippen LogP contribution in [0.5, 0.6) is 17.2 Å². The van der Waals surface area contributed by atoms with Crippen LogP contribution in [0.2, 0.25) is 0 Å². The first-order valence-corrected chi connectivity index (χ1v) is 9.33. The van der Waals surface area contributed by atoms with Crippen molar-refractivity contribution in [1.29, 1.82) is 0 Å². The molecule has 1 unspecified atom stereocenters. The van der Waals surface area contributed by atoms with E-state index in [1.807, 2.05) is 29.2 Å². The topological polar surface area (TPSA) is 60.9 Å². The third-order valence-corrected chi connectivity index (χ3v) is 5.54. The van der Waals surface area contributed by atoms with E-state index in [0.29, 0.717) is 30.2 Å². The van der Waals surface area contributed by atoms with Gasteiger partial charge in [0.1, 0.15) is 5.37 Å². The summed E-state index contributed by atoms with van der Waals surface area (Å²) >= 11 is 1.72. The lowest BCUT2D eigenvalue weighted by molar-refractivity contribution is -0.132. The maximum Gasteiger partial charge on any atom is 0.224 e. The largest absolute Gasteiger partial charge is 0.493 e. The van der Waals surface area contributed by atoms with Crippen LogP contribution < -0.4 is 14.2 Å². The minimum absolute atomic E-state index is 0.120. The summed E-state index contributed by atoms with van der Waals surface area (Å²) in [5.74, 6) is 2.61. The van der Waals surface area contributed by atoms with Crippen LogP contribution in [-0.2, 0) is 11.3 Å². The number of hydrogen-bond acceptors (Lipinski definition) is 6. The molecule has 26 heavy (non-hydrogen) atoms. The third kappa shape index (κ3) is 3.58. The highest BCUT2D eigenvalue weighted by atomic mass is 32.2. The van der Waals surface area contributed by atoms with Crippen LogP contribution in [0.15, 0.2) is 36.7 Å². The second-order valence-electron chi connectivity index (χ2n) is 5.78. The number of methoxy groups -OCH3 is 3. The van der Waals surface area contributed by atoms with Gasteiger partial charge in [0, 0.05) is 36.7 Å². The predicted molar refractivity (Wildman–Crippen MR) is 101 cm³/mol. The first kappa shape index (κ1) is 18.4. The van der Waals surface area contributed by atoms with Crippen molar-refractivity contribution >= 4 is 17.7 Å². The van der Waals surface area contributed by atoms with E-state index in [2.05, 4.69) is 4.98 Å². The molecular weight excluding hydrogens is 352 g/mol. The third-order valence-electron chi connectivity index (χ3n) is 4.27. The van der Waals surface area contributed by atoms with Gasteiger partial charge in [-0.25, -0.2) is 0 Å². The summed E-state index contributed by atoms with van der Waals surface area (Å²) in [6.45, 7) is 0.502. The lowest BCUT2D eigenvalue weighted by atomic mass is 10.1. The molecule has 1 aliphatic heterocycles. The SMILES string of the molecule is COc1ccc(C2SCCC(=O)N2Cc2cccnc2)c(OC)c1OC. The molecule has 1 amide bonds. The Hall–Kier alpha value is -2.41. The molecule has 6 nitrogen and oxygen atoms in total. The molecule has 0 aliphatic carbocycles. The minimum Gasteiger partial charge on any atom is -0.493 e. The van der Waals surface area contributed by atoms with Crippen LogP contribution in [-0.4, -0.2) is 42.9 Å². The van der Waals surface area contributed by atoms with Gasteiger partial charge in [0.05, 0.1) is 21.3 Å². The van der Waals surface area contributed by atoms with Gasteiger partial charge in [-0.3, -0.25) is 9.78 Å². The molecule has 1 aliphatic rings. The Morgan fingerprint density at radius 3 is 2.62 bits per heavy atom. The number of pyridine rings is 1. The monoisotopic (exact) mass is 374 g/mol. The van der Waals surface area contributed by atoms with Crippen LogP contribution in [0.25, 0.3) is 0 Å². The molecule has 2 heterocycles. The molecule has 1 fully saturated rings. The summed E-state index contributed by atoms with van der Waals surface area (Å²) in [6.07, 6.45) is 4.04. The number of nitrogens with zero attached hydrogens (tertiary/aromatic N) is 2. The number of amides is 1. The lowest BCUT2D eigenvalue weighted by Gasteiger charge is -2.36. The predicted octanol–water partition coefficient (Wildman–Crippen LogP) is 3.27. The highest BCUT2D eigenvalue weighted by Gasteiger charge is 2.33. The molecule has 1 atom stereocenters. The number of carbonyl (C=O) groups is 1. The molecule has 0 spiro atoms. The molecule has 0 bridgehead atoms. The van der Waals surface area contributed by atoms with Crippen molar-refractivity contribution in [2.45, 2.75) is 18.3 Å². The van der Waals surface area contributed by atoms with Crippen molar-refractivity contribution in [1.82, 2.24) is 9.88 Å². The Labute approximate surface area is 157 Å². The summed E-state index contributed by atoms with van der Waals surface area (Å²) in [5.41, 5.74) is 1.89. The summed E-state index contributed by atoms with van der Waals surface area (Å²) in [5, 5.41) is -0.161. The Kier molecular flexibility index (Phi) is 5.88. The van der Waals surface area contributed by atoms with E-state index in [1.54, 1.807) is 45.5 Å². The zero-order chi connectivity index (χ0) is 18.5. The van der Waals surface area contributed by atoms with E-state index in [-0.39, 0.29) is 11.3 Å². The average molecular weight is 374 g/mol. The van der Waals surface area contributed by atoms with Gasteiger partial charge in [-0.2, -0.15) is 0 Å². The van der Waals surface area contributed by atoms with Gasteiger partial charge in [0.2, 0.25) is 11.7 Å². The number of hydrogen-bond donors (Lipinski definition) is 0. The molecule has 2 aromatic rings. The molecule has 0 radical (unpaired) electrons. The highest BCUT2D eigenvalue weighted by Crippen LogP contribution is 2.48. The quantitative estimate of drug-likeness (QED) is 0.773. The van der Waals surface area contributed by atoms with Crippen molar-refractivity contribution in [3.63, 3.8) is 0 Å². The molecule has 1 saturated heterocycles. The standard InChI is InChI=1S/C19H22N2O4S/c1-23-15-7-6-14(17(24-2)18(15)25-3)19-21(16(22)8-10-26-19)12-13-5-4-9-20-11-13/h4-7,9,11,19H,8,10,12H2,1-3H3. The number of ether oxygens (including phenoxy) is 3.